The van der Waals surface area contributed by atoms with Crippen LogP contribution in [0, 0.1) is 0 Å². The van der Waals surface area contributed by atoms with Crippen molar-refractivity contribution in [3.8, 4) is 0 Å². The van der Waals surface area contributed by atoms with E-state index in [0.717, 1.165) is 5.56 Å². The van der Waals surface area contributed by atoms with Crippen molar-refractivity contribution < 1.29 is 42.2 Å². The van der Waals surface area contributed by atoms with E-state index in [9.17, 15) is 37.5 Å². The summed E-state index contributed by atoms with van der Waals surface area (Å²) in [6, 6.07) is 7.32. The number of hydrogen-bond donors (Lipinski definition) is 3. The molecule has 3 atom stereocenters. The van der Waals surface area contributed by atoms with Crippen molar-refractivity contribution in [2.45, 2.75) is 69.6 Å². The number of carbonyl (C=O) groups is 4. The van der Waals surface area contributed by atoms with Crippen molar-refractivity contribution in [1.29, 1.82) is 0 Å². The van der Waals surface area contributed by atoms with Crippen LogP contribution in [0.3, 0.4) is 0 Å². The molecule has 1 saturated heterocycles. The fourth-order valence-corrected chi connectivity index (χ4v) is 4.33. The van der Waals surface area contributed by atoms with E-state index in [1.54, 1.807) is 36.5 Å². The second kappa shape index (κ2) is 14.6. The average molecular weight is 530 g/mol. The van der Waals surface area contributed by atoms with E-state index in [0.29, 0.717) is 32.2 Å². The minimum atomic E-state index is -4.96. The first kappa shape index (κ1) is 30.1. The van der Waals surface area contributed by atoms with Gasteiger partial charge in [0, 0.05) is 13.1 Å². The van der Waals surface area contributed by atoms with E-state index in [2.05, 4.69) is 5.32 Å². The van der Waals surface area contributed by atoms with E-state index in [4.69, 9.17) is 4.74 Å². The Labute approximate surface area is 213 Å². The molecule has 1 aromatic carbocycles. The van der Waals surface area contributed by atoms with E-state index in [1.165, 1.54) is 4.90 Å². The Kier molecular flexibility index (Phi) is 11.8. The Balaban J connectivity index is 2.02. The van der Waals surface area contributed by atoms with Gasteiger partial charge in [-0.2, -0.15) is 13.2 Å². The number of ether oxygens (including phenoxy) is 1. The van der Waals surface area contributed by atoms with Crippen LogP contribution in [0.4, 0.5) is 13.2 Å². The van der Waals surface area contributed by atoms with Crippen LogP contribution in [0.2, 0.25) is 0 Å². The monoisotopic (exact) mass is 529 g/mol. The summed E-state index contributed by atoms with van der Waals surface area (Å²) >= 11 is 0. The van der Waals surface area contributed by atoms with Crippen molar-refractivity contribution in [2.24, 2.45) is 0 Å². The predicted octanol–water partition coefficient (Wildman–Crippen LogP) is 2.61. The van der Waals surface area contributed by atoms with Gasteiger partial charge in [0.05, 0.1) is 18.6 Å². The highest BCUT2D eigenvalue weighted by Gasteiger charge is 2.38. The number of nitrogens with one attached hydrogen (secondary N) is 2. The summed E-state index contributed by atoms with van der Waals surface area (Å²) in [6.07, 6.45) is -3.02. The molecule has 0 aromatic heterocycles. The zero-order valence-electron chi connectivity index (χ0n) is 20.8. The molecule has 37 heavy (non-hydrogen) atoms. The van der Waals surface area contributed by atoms with Gasteiger partial charge in [-0.05, 0) is 57.6 Å². The first-order valence-electron chi connectivity index (χ1n) is 12.4. The fourth-order valence-electron chi connectivity index (χ4n) is 4.33. The third-order valence-electron chi connectivity index (χ3n) is 6.18. The molecule has 1 heterocycles. The Morgan fingerprint density at radius 1 is 1.11 bits per heavy atom. The number of carboxylic acid groups (broad SMARTS) is 1. The number of unbranched alkanes of at least 4 members (excludes halogenated alkanes) is 1. The largest absolute Gasteiger partial charge is 0.480 e. The lowest BCUT2D eigenvalue weighted by molar-refractivity contribution is -0.173. The molecule has 1 aliphatic rings. The Bertz CT molecular complexity index is 913. The van der Waals surface area contributed by atoms with Crippen LogP contribution in [0.25, 0.3) is 0 Å². The molecule has 1 unspecified atom stereocenters. The summed E-state index contributed by atoms with van der Waals surface area (Å²) in [5, 5.41) is 14.4. The van der Waals surface area contributed by atoms with Crippen molar-refractivity contribution >= 4 is 23.8 Å². The Morgan fingerprint density at radius 2 is 1.81 bits per heavy atom. The standard InChI is InChI=1S/C25H34F3N3O6/c1-2-37-23(35)18(17-9-4-3-5-10-17)13-15-29-19(11-6-7-14-30-24(36)25(26,27)28)21(32)31-16-8-12-20(31)22(33)34/h3-5,9-10,18-20,29H,2,6-8,11-16H2,1H3,(H,30,36)(H,33,34)/t18?,19-,20-/m0/s1. The Hall–Kier alpha value is -3.15. The number of likely N-dealkylation sites (tertiary alicyclic amines) is 1. The molecule has 1 fully saturated rings. The fraction of sp³-hybridized carbons (Fsp3) is 0.600. The molecular formula is C25H34F3N3O6. The minimum absolute atomic E-state index is 0.200. The SMILES string of the molecule is CCOC(=O)C(CCN[C@@H](CCCCNC(=O)C(F)(F)F)C(=O)N1CCC[C@H]1C(=O)O)c1ccccc1. The number of alkyl halides is 3. The van der Waals surface area contributed by atoms with Crippen LogP contribution in [-0.2, 0) is 23.9 Å². The summed E-state index contributed by atoms with van der Waals surface area (Å²) < 4.78 is 42.2. The van der Waals surface area contributed by atoms with Gasteiger partial charge >= 0.3 is 24.0 Å². The molecule has 3 N–H and O–H groups in total. The number of amides is 2. The van der Waals surface area contributed by atoms with Gasteiger partial charge < -0.3 is 25.4 Å². The summed E-state index contributed by atoms with van der Waals surface area (Å²) in [4.78, 5) is 49.6. The average Bonchev–Trinajstić information content (AvgIpc) is 3.35. The normalized spacial score (nSPS) is 17.2. The van der Waals surface area contributed by atoms with Gasteiger partial charge in [-0.1, -0.05) is 30.3 Å². The van der Waals surface area contributed by atoms with Crippen molar-refractivity contribution in [3.63, 3.8) is 0 Å². The number of aliphatic carboxylic acids is 1. The third-order valence-corrected chi connectivity index (χ3v) is 6.18. The topological polar surface area (TPSA) is 125 Å². The van der Waals surface area contributed by atoms with Crippen LogP contribution >= 0.6 is 0 Å². The molecule has 0 radical (unpaired) electrons. The minimum Gasteiger partial charge on any atom is -0.480 e. The van der Waals surface area contributed by atoms with E-state index in [-0.39, 0.29) is 32.5 Å². The Morgan fingerprint density at radius 3 is 2.43 bits per heavy atom. The molecule has 9 nitrogen and oxygen atoms in total. The van der Waals surface area contributed by atoms with Crippen molar-refractivity contribution in [1.82, 2.24) is 15.5 Å². The number of hydrogen-bond acceptors (Lipinski definition) is 6. The molecule has 2 rings (SSSR count). The molecule has 0 bridgehead atoms. The lowest BCUT2D eigenvalue weighted by atomic mass is 9.95. The number of carbonyl (C=O) groups excluding carboxylic acids is 3. The lowest BCUT2D eigenvalue weighted by Gasteiger charge is -2.28. The highest BCUT2D eigenvalue weighted by molar-refractivity contribution is 5.87. The van der Waals surface area contributed by atoms with Gasteiger partial charge in [0.15, 0.2) is 0 Å². The molecular weight excluding hydrogens is 495 g/mol. The second-order valence-corrected chi connectivity index (χ2v) is 8.79. The summed E-state index contributed by atoms with van der Waals surface area (Å²) in [5.41, 5.74) is 0.761. The molecule has 0 spiro atoms. The molecule has 0 aliphatic carbocycles. The maximum Gasteiger partial charge on any atom is 0.471 e. The number of carboxylic acids is 1. The van der Waals surface area contributed by atoms with Crippen LogP contribution in [0.1, 0.15) is 56.9 Å². The first-order valence-corrected chi connectivity index (χ1v) is 12.4. The number of esters is 1. The van der Waals surface area contributed by atoms with E-state index < -0.39 is 47.9 Å². The van der Waals surface area contributed by atoms with Gasteiger partial charge in [-0.25, -0.2) is 4.79 Å². The molecule has 1 aliphatic heterocycles. The van der Waals surface area contributed by atoms with Gasteiger partial charge in [-0.3, -0.25) is 14.4 Å². The highest BCUT2D eigenvalue weighted by Crippen LogP contribution is 2.23. The highest BCUT2D eigenvalue weighted by atomic mass is 19.4. The van der Waals surface area contributed by atoms with Crippen LogP contribution in [0.5, 0.6) is 0 Å². The van der Waals surface area contributed by atoms with Crippen LogP contribution in [-0.4, -0.2) is 78.3 Å². The quantitative estimate of drug-likeness (QED) is 0.250. The van der Waals surface area contributed by atoms with Gasteiger partial charge in [-0.15, -0.1) is 0 Å². The van der Waals surface area contributed by atoms with Crippen molar-refractivity contribution in [3.05, 3.63) is 35.9 Å². The van der Waals surface area contributed by atoms with E-state index >= 15 is 0 Å². The number of halogens is 3. The molecule has 2 amide bonds. The van der Waals surface area contributed by atoms with E-state index in [1.807, 2.05) is 6.07 Å². The zero-order valence-corrected chi connectivity index (χ0v) is 20.8. The first-order chi connectivity index (χ1) is 17.6. The third kappa shape index (κ3) is 9.34. The summed E-state index contributed by atoms with van der Waals surface area (Å²) in [6.45, 7) is 2.25. The maximum absolute atomic E-state index is 13.2. The van der Waals surface area contributed by atoms with Gasteiger partial charge in [0.1, 0.15) is 6.04 Å². The van der Waals surface area contributed by atoms with Crippen LogP contribution < -0.4 is 10.6 Å². The molecule has 12 heteroatoms. The maximum atomic E-state index is 13.2. The number of benzene rings is 1. The van der Waals surface area contributed by atoms with Gasteiger partial charge in [0.25, 0.3) is 0 Å². The molecule has 1 aromatic rings. The van der Waals surface area contributed by atoms with Crippen LogP contribution in [0.15, 0.2) is 30.3 Å². The number of nitrogens with zero attached hydrogens (tertiary/aromatic N) is 1. The number of rotatable bonds is 14. The summed E-state index contributed by atoms with van der Waals surface area (Å²) in [5.74, 6) is -4.49. The smallest absolute Gasteiger partial charge is 0.471 e. The van der Waals surface area contributed by atoms with Crippen molar-refractivity contribution in [2.75, 3.05) is 26.2 Å². The summed E-state index contributed by atoms with van der Waals surface area (Å²) in [7, 11) is 0. The molecule has 0 saturated carbocycles. The van der Waals surface area contributed by atoms with Gasteiger partial charge in [0.2, 0.25) is 5.91 Å². The predicted molar refractivity (Wildman–Crippen MR) is 128 cm³/mol. The lowest BCUT2D eigenvalue weighted by Crippen LogP contribution is -2.50. The second-order valence-electron chi connectivity index (χ2n) is 8.79. The molecule has 206 valence electrons. The zero-order chi connectivity index (χ0) is 27.4.